The summed E-state index contributed by atoms with van der Waals surface area (Å²) >= 11 is 0. The van der Waals surface area contributed by atoms with Crippen molar-refractivity contribution in [2.24, 2.45) is 27.2 Å². The van der Waals surface area contributed by atoms with Crippen LogP contribution in [-0.2, 0) is 23.1 Å². The Morgan fingerprint density at radius 3 is 2.76 bits per heavy atom. The number of benzene rings is 1. The minimum Gasteiger partial charge on any atom is -0.370 e. The molecule has 0 saturated heterocycles. The van der Waals surface area contributed by atoms with E-state index in [9.17, 15) is 4.79 Å². The fourth-order valence-electron chi connectivity index (χ4n) is 3.61. The van der Waals surface area contributed by atoms with Gasteiger partial charge in [0.05, 0.1) is 11.1 Å². The Morgan fingerprint density at radius 1 is 1.16 bits per heavy atom. The van der Waals surface area contributed by atoms with Gasteiger partial charge < -0.3 is 22.5 Å². The number of nitrogens with two attached hydrogens (primary N) is 3. The van der Waals surface area contributed by atoms with Gasteiger partial charge in [0.1, 0.15) is 5.82 Å². The van der Waals surface area contributed by atoms with E-state index in [-0.39, 0.29) is 17.8 Å². The first-order valence-corrected chi connectivity index (χ1v) is 7.80. The summed E-state index contributed by atoms with van der Waals surface area (Å²) in [4.78, 5) is 24.8. The molecule has 1 spiro atoms. The topological polar surface area (TPSA) is 145 Å². The van der Waals surface area contributed by atoms with Crippen molar-refractivity contribution in [2.75, 3.05) is 5.32 Å². The van der Waals surface area contributed by atoms with Gasteiger partial charge in [0.25, 0.3) is 0 Å². The third-order valence-corrected chi connectivity index (χ3v) is 4.65. The molecule has 8 nitrogen and oxygen atoms in total. The molecule has 8 heteroatoms. The Balaban J connectivity index is 1.70. The number of nitrogens with one attached hydrogen (secondary N) is 1. The SMILES string of the molecule is NC(N)=NC(N)=Nc1ccc2c(c1)CC1(C2)C(=O)Nc2ncccc21. The summed E-state index contributed by atoms with van der Waals surface area (Å²) in [5, 5.41) is 2.89. The molecule has 0 radical (unpaired) electrons. The quantitative estimate of drug-likeness (QED) is 0.437. The second kappa shape index (κ2) is 5.30. The number of nitrogens with zero attached hydrogens (tertiary/aromatic N) is 3. The Labute approximate surface area is 143 Å². The molecule has 0 saturated carbocycles. The second-order valence-electron chi connectivity index (χ2n) is 6.25. The highest BCUT2D eigenvalue weighted by Gasteiger charge is 2.50. The predicted molar refractivity (Wildman–Crippen MR) is 95.5 cm³/mol. The lowest BCUT2D eigenvalue weighted by Crippen LogP contribution is -2.35. The van der Waals surface area contributed by atoms with Gasteiger partial charge in [-0.25, -0.2) is 9.98 Å². The first-order valence-electron chi connectivity index (χ1n) is 7.80. The van der Waals surface area contributed by atoms with E-state index in [1.807, 2.05) is 30.3 Å². The predicted octanol–water partition coefficient (Wildman–Crippen LogP) is 0.290. The Hall–Kier alpha value is -3.42. The summed E-state index contributed by atoms with van der Waals surface area (Å²) in [5.41, 5.74) is 19.4. The number of hydrogen-bond donors (Lipinski definition) is 4. The molecule has 126 valence electrons. The maximum Gasteiger partial charge on any atom is 0.237 e. The molecule has 2 heterocycles. The zero-order chi connectivity index (χ0) is 17.6. The van der Waals surface area contributed by atoms with E-state index in [0.29, 0.717) is 24.3 Å². The lowest BCUT2D eigenvalue weighted by atomic mass is 9.79. The largest absolute Gasteiger partial charge is 0.370 e. The van der Waals surface area contributed by atoms with Crippen molar-refractivity contribution in [1.29, 1.82) is 0 Å². The third-order valence-electron chi connectivity index (χ3n) is 4.65. The van der Waals surface area contributed by atoms with Gasteiger partial charge >= 0.3 is 0 Å². The number of hydrogen-bond acceptors (Lipinski definition) is 3. The van der Waals surface area contributed by atoms with E-state index in [0.717, 1.165) is 16.7 Å². The van der Waals surface area contributed by atoms with Crippen LogP contribution in [0.2, 0.25) is 0 Å². The van der Waals surface area contributed by atoms with Crippen molar-refractivity contribution < 1.29 is 4.79 Å². The van der Waals surface area contributed by atoms with E-state index >= 15 is 0 Å². The molecule has 1 atom stereocenters. The highest BCUT2D eigenvalue weighted by molar-refractivity contribution is 6.06. The number of anilines is 1. The third kappa shape index (κ3) is 2.38. The van der Waals surface area contributed by atoms with Crippen molar-refractivity contribution in [3.63, 3.8) is 0 Å². The van der Waals surface area contributed by atoms with Gasteiger partial charge in [-0.1, -0.05) is 12.1 Å². The van der Waals surface area contributed by atoms with E-state index in [2.05, 4.69) is 20.3 Å². The monoisotopic (exact) mass is 335 g/mol. The molecule has 7 N–H and O–H groups in total. The maximum absolute atomic E-state index is 12.7. The molecule has 1 aromatic carbocycles. The highest BCUT2D eigenvalue weighted by atomic mass is 16.2. The smallest absolute Gasteiger partial charge is 0.237 e. The van der Waals surface area contributed by atoms with Crippen molar-refractivity contribution in [3.8, 4) is 0 Å². The molecule has 0 fully saturated rings. The van der Waals surface area contributed by atoms with Crippen LogP contribution in [-0.4, -0.2) is 22.8 Å². The summed E-state index contributed by atoms with van der Waals surface area (Å²) in [6, 6.07) is 9.54. The zero-order valence-electron chi connectivity index (χ0n) is 13.4. The van der Waals surface area contributed by atoms with E-state index in [1.54, 1.807) is 6.20 Å². The van der Waals surface area contributed by atoms with Crippen LogP contribution in [0.4, 0.5) is 11.5 Å². The van der Waals surface area contributed by atoms with Crippen molar-refractivity contribution in [1.82, 2.24) is 4.98 Å². The second-order valence-corrected chi connectivity index (χ2v) is 6.25. The van der Waals surface area contributed by atoms with E-state index < -0.39 is 5.41 Å². The van der Waals surface area contributed by atoms with E-state index in [1.165, 1.54) is 0 Å². The van der Waals surface area contributed by atoms with Crippen LogP contribution in [0.1, 0.15) is 16.7 Å². The fourth-order valence-corrected chi connectivity index (χ4v) is 3.61. The molecule has 2 aromatic rings. The summed E-state index contributed by atoms with van der Waals surface area (Å²) in [6.07, 6.45) is 2.91. The maximum atomic E-state index is 12.7. The number of amides is 1. The number of carbonyl (C=O) groups excluding carboxylic acids is 1. The molecule has 1 aromatic heterocycles. The summed E-state index contributed by atoms with van der Waals surface area (Å²) in [5.74, 6) is 0.479. The summed E-state index contributed by atoms with van der Waals surface area (Å²) < 4.78 is 0. The number of aliphatic imine (C=N–C) groups is 2. The van der Waals surface area contributed by atoms with Crippen LogP contribution in [0.5, 0.6) is 0 Å². The standard InChI is InChI=1S/C17H17N7O/c18-15(19)24-16(20)22-11-4-3-9-7-17(8-10(9)6-11)12-2-1-5-21-13(12)23-14(17)25/h1-6H,7-8H2,(H,21,23,25)(H6,18,19,20,22,24). The number of pyridine rings is 1. The number of rotatable bonds is 1. The zero-order valence-corrected chi connectivity index (χ0v) is 13.4. The average molecular weight is 335 g/mol. The lowest BCUT2D eigenvalue weighted by Gasteiger charge is -2.20. The molecule has 2 aliphatic rings. The molecule has 1 aliphatic heterocycles. The average Bonchev–Trinajstić information content (AvgIpc) is 3.05. The highest BCUT2D eigenvalue weighted by Crippen LogP contribution is 2.47. The minimum absolute atomic E-state index is 0.0116. The number of fused-ring (bicyclic) bond motifs is 3. The minimum atomic E-state index is -0.598. The van der Waals surface area contributed by atoms with Crippen LogP contribution in [0.3, 0.4) is 0 Å². The van der Waals surface area contributed by atoms with Crippen LogP contribution in [0.25, 0.3) is 0 Å². The first-order chi connectivity index (χ1) is 12.0. The van der Waals surface area contributed by atoms with Gasteiger partial charge in [-0.05, 0) is 42.2 Å². The van der Waals surface area contributed by atoms with Crippen LogP contribution >= 0.6 is 0 Å². The number of carbonyl (C=O) groups is 1. The lowest BCUT2D eigenvalue weighted by molar-refractivity contribution is -0.120. The summed E-state index contributed by atoms with van der Waals surface area (Å²) in [7, 11) is 0. The van der Waals surface area contributed by atoms with Gasteiger partial charge in [0.15, 0.2) is 5.96 Å². The molecular formula is C17H17N7O. The van der Waals surface area contributed by atoms with Crippen LogP contribution < -0.4 is 22.5 Å². The Morgan fingerprint density at radius 2 is 1.96 bits per heavy atom. The van der Waals surface area contributed by atoms with Crippen molar-refractivity contribution in [3.05, 3.63) is 53.2 Å². The van der Waals surface area contributed by atoms with Gasteiger partial charge in [0.2, 0.25) is 11.9 Å². The first kappa shape index (κ1) is 15.1. The number of aromatic nitrogens is 1. The van der Waals surface area contributed by atoms with Gasteiger partial charge in [-0.3, -0.25) is 4.79 Å². The van der Waals surface area contributed by atoms with Crippen LogP contribution in [0, 0.1) is 0 Å². The van der Waals surface area contributed by atoms with Gasteiger partial charge in [0, 0.05) is 11.8 Å². The normalized spacial score (nSPS) is 21.0. The number of guanidine groups is 2. The van der Waals surface area contributed by atoms with Crippen molar-refractivity contribution in [2.45, 2.75) is 18.3 Å². The molecule has 4 rings (SSSR count). The summed E-state index contributed by atoms with van der Waals surface area (Å²) in [6.45, 7) is 0. The van der Waals surface area contributed by atoms with E-state index in [4.69, 9.17) is 17.2 Å². The fraction of sp³-hybridized carbons (Fsp3) is 0.176. The van der Waals surface area contributed by atoms with Gasteiger partial charge in [-0.2, -0.15) is 4.99 Å². The molecule has 0 bridgehead atoms. The van der Waals surface area contributed by atoms with Crippen LogP contribution in [0.15, 0.2) is 46.5 Å². The molecule has 1 amide bonds. The molecule has 1 aliphatic carbocycles. The molecule has 25 heavy (non-hydrogen) atoms. The molecular weight excluding hydrogens is 318 g/mol. The Kier molecular flexibility index (Phi) is 3.21. The van der Waals surface area contributed by atoms with Gasteiger partial charge in [-0.15, -0.1) is 0 Å². The molecule has 1 unspecified atom stereocenters. The Bertz CT molecular complexity index is 946. The van der Waals surface area contributed by atoms with Crippen molar-refractivity contribution >= 4 is 29.3 Å².